The molecule has 0 atom stereocenters. The summed E-state index contributed by atoms with van der Waals surface area (Å²) in [5, 5.41) is 2.85. The molecule has 126 valence electrons. The molecule has 0 aliphatic rings. The molecule has 2 aromatic rings. The quantitative estimate of drug-likeness (QED) is 0.875. The first kappa shape index (κ1) is 17.7. The average Bonchev–Trinajstić information content (AvgIpc) is 2.56. The maximum atomic E-state index is 12.2. The van der Waals surface area contributed by atoms with Crippen molar-refractivity contribution in [2.45, 2.75) is 33.6 Å². The van der Waals surface area contributed by atoms with Crippen LogP contribution in [0.4, 0.5) is 11.4 Å². The lowest BCUT2D eigenvalue weighted by Crippen LogP contribution is -2.33. The number of rotatable bonds is 6. The Balaban J connectivity index is 2.10. The van der Waals surface area contributed by atoms with E-state index in [-0.39, 0.29) is 18.2 Å². The number of nitrogens with one attached hydrogen (secondary N) is 1. The first-order valence-electron chi connectivity index (χ1n) is 8.24. The van der Waals surface area contributed by atoms with Crippen LogP contribution in [0.5, 0.6) is 0 Å². The third-order valence-electron chi connectivity index (χ3n) is 3.97. The fraction of sp³-hybridized carbons (Fsp3) is 0.300. The van der Waals surface area contributed by atoms with Gasteiger partial charge in [-0.05, 0) is 36.6 Å². The largest absolute Gasteiger partial charge is 0.326 e. The van der Waals surface area contributed by atoms with Crippen LogP contribution in [0.1, 0.15) is 31.4 Å². The van der Waals surface area contributed by atoms with E-state index in [9.17, 15) is 9.59 Å². The lowest BCUT2D eigenvalue weighted by Gasteiger charge is -2.25. The average molecular weight is 324 g/mol. The third-order valence-corrected chi connectivity index (χ3v) is 3.97. The van der Waals surface area contributed by atoms with E-state index in [2.05, 4.69) is 12.2 Å². The first-order valence-corrected chi connectivity index (χ1v) is 8.24. The van der Waals surface area contributed by atoms with Gasteiger partial charge in [0.2, 0.25) is 11.8 Å². The summed E-state index contributed by atoms with van der Waals surface area (Å²) in [5.41, 5.74) is 3.86. The minimum atomic E-state index is -0.0981. The Kier molecular flexibility index (Phi) is 6.13. The van der Waals surface area contributed by atoms with E-state index < -0.39 is 0 Å². The van der Waals surface area contributed by atoms with Gasteiger partial charge in [0.25, 0.3) is 0 Å². The molecule has 0 aliphatic heterocycles. The molecule has 2 amide bonds. The maximum absolute atomic E-state index is 12.2. The summed E-state index contributed by atoms with van der Waals surface area (Å²) in [6.07, 6.45) is 1.10. The summed E-state index contributed by atoms with van der Waals surface area (Å²) in [7, 11) is 0. The highest BCUT2D eigenvalue weighted by atomic mass is 16.2. The summed E-state index contributed by atoms with van der Waals surface area (Å²) in [5.74, 6) is -0.148. The monoisotopic (exact) mass is 324 g/mol. The van der Waals surface area contributed by atoms with Crippen molar-refractivity contribution >= 4 is 23.2 Å². The van der Waals surface area contributed by atoms with Gasteiger partial charge in [-0.1, -0.05) is 43.3 Å². The van der Waals surface area contributed by atoms with Gasteiger partial charge >= 0.3 is 0 Å². The molecule has 1 N–H and O–H groups in total. The molecule has 0 saturated heterocycles. The summed E-state index contributed by atoms with van der Waals surface area (Å²) >= 11 is 0. The number of hydrogen-bond acceptors (Lipinski definition) is 2. The molecule has 0 aromatic heterocycles. The van der Waals surface area contributed by atoms with Crippen LogP contribution in [0.2, 0.25) is 0 Å². The highest BCUT2D eigenvalue weighted by Crippen LogP contribution is 2.26. The number of para-hydroxylation sites is 2. The molecule has 0 spiro atoms. The van der Waals surface area contributed by atoms with Gasteiger partial charge < -0.3 is 10.2 Å². The summed E-state index contributed by atoms with van der Waals surface area (Å²) in [6.45, 7) is 5.97. The smallest absolute Gasteiger partial charge is 0.226 e. The van der Waals surface area contributed by atoms with Crippen LogP contribution in [0.25, 0.3) is 0 Å². The van der Waals surface area contributed by atoms with Gasteiger partial charge in [-0.3, -0.25) is 9.59 Å². The Morgan fingerprint density at radius 3 is 2.38 bits per heavy atom. The molecular weight excluding hydrogens is 300 g/mol. The van der Waals surface area contributed by atoms with Gasteiger partial charge in [-0.25, -0.2) is 0 Å². The topological polar surface area (TPSA) is 49.4 Å². The van der Waals surface area contributed by atoms with Gasteiger partial charge in [0, 0.05) is 31.3 Å². The van der Waals surface area contributed by atoms with Crippen molar-refractivity contribution in [2.24, 2.45) is 0 Å². The molecule has 4 heteroatoms. The van der Waals surface area contributed by atoms with Crippen LogP contribution in [-0.4, -0.2) is 18.4 Å². The Morgan fingerprint density at radius 1 is 1.04 bits per heavy atom. The van der Waals surface area contributed by atoms with Crippen molar-refractivity contribution in [1.82, 2.24) is 0 Å². The second kappa shape index (κ2) is 8.29. The standard InChI is InChI=1S/C20H24N2O2/c1-4-17-10-8-9-15(2)20(17)22(16(3)23)14-13-19(24)21-18-11-6-5-7-12-18/h5-12H,4,13-14H2,1-3H3,(H,21,24). The van der Waals surface area contributed by atoms with Crippen molar-refractivity contribution in [3.05, 3.63) is 59.7 Å². The molecule has 2 aromatic carbocycles. The van der Waals surface area contributed by atoms with E-state index in [1.807, 2.05) is 55.5 Å². The Hall–Kier alpha value is -2.62. The molecule has 0 heterocycles. The molecule has 0 unspecified atom stereocenters. The first-order chi connectivity index (χ1) is 11.5. The second-order valence-electron chi connectivity index (χ2n) is 5.77. The highest BCUT2D eigenvalue weighted by Gasteiger charge is 2.18. The van der Waals surface area contributed by atoms with Crippen molar-refractivity contribution in [2.75, 3.05) is 16.8 Å². The lowest BCUT2D eigenvalue weighted by molar-refractivity contribution is -0.117. The third kappa shape index (κ3) is 4.44. The lowest BCUT2D eigenvalue weighted by atomic mass is 10.0. The van der Waals surface area contributed by atoms with Gasteiger partial charge in [0.1, 0.15) is 0 Å². The van der Waals surface area contributed by atoms with E-state index in [0.29, 0.717) is 6.54 Å². The molecule has 2 rings (SSSR count). The number of hydrogen-bond donors (Lipinski definition) is 1. The molecule has 0 saturated carbocycles. The van der Waals surface area contributed by atoms with Gasteiger partial charge in [-0.15, -0.1) is 0 Å². The van der Waals surface area contributed by atoms with E-state index in [4.69, 9.17) is 0 Å². The van der Waals surface area contributed by atoms with Crippen LogP contribution < -0.4 is 10.2 Å². The SMILES string of the molecule is CCc1cccc(C)c1N(CCC(=O)Nc1ccccc1)C(C)=O. The van der Waals surface area contributed by atoms with E-state index in [1.54, 1.807) is 11.8 Å². The van der Waals surface area contributed by atoms with Gasteiger partial charge in [0.05, 0.1) is 0 Å². The van der Waals surface area contributed by atoms with Crippen LogP contribution in [0.3, 0.4) is 0 Å². The highest BCUT2D eigenvalue weighted by molar-refractivity contribution is 5.95. The molecule has 24 heavy (non-hydrogen) atoms. The Bertz CT molecular complexity index is 711. The predicted octanol–water partition coefficient (Wildman–Crippen LogP) is 3.94. The minimum absolute atomic E-state index is 0.0495. The summed E-state index contributed by atoms with van der Waals surface area (Å²) < 4.78 is 0. The molecule has 0 radical (unpaired) electrons. The van der Waals surface area contributed by atoms with Gasteiger partial charge in [0.15, 0.2) is 0 Å². The predicted molar refractivity (Wildman–Crippen MR) is 98.3 cm³/mol. The zero-order chi connectivity index (χ0) is 17.5. The second-order valence-corrected chi connectivity index (χ2v) is 5.77. The number of benzene rings is 2. The molecule has 0 aliphatic carbocycles. The fourth-order valence-electron chi connectivity index (χ4n) is 2.78. The van der Waals surface area contributed by atoms with Crippen molar-refractivity contribution in [3.63, 3.8) is 0 Å². The van der Waals surface area contributed by atoms with Crippen LogP contribution in [0, 0.1) is 6.92 Å². The van der Waals surface area contributed by atoms with Gasteiger partial charge in [-0.2, -0.15) is 0 Å². The number of nitrogens with zero attached hydrogens (tertiary/aromatic N) is 1. The Labute approximate surface area is 143 Å². The van der Waals surface area contributed by atoms with E-state index in [1.165, 1.54) is 0 Å². The zero-order valence-electron chi connectivity index (χ0n) is 14.5. The molecule has 4 nitrogen and oxygen atoms in total. The Morgan fingerprint density at radius 2 is 1.75 bits per heavy atom. The zero-order valence-corrected chi connectivity index (χ0v) is 14.5. The minimum Gasteiger partial charge on any atom is -0.326 e. The molecule has 0 bridgehead atoms. The van der Waals surface area contributed by atoms with Crippen LogP contribution >= 0.6 is 0 Å². The summed E-state index contributed by atoms with van der Waals surface area (Å²) in [4.78, 5) is 26.0. The molecular formula is C20H24N2O2. The number of amides is 2. The van der Waals surface area contributed by atoms with Crippen LogP contribution in [-0.2, 0) is 16.0 Å². The van der Waals surface area contributed by atoms with E-state index >= 15 is 0 Å². The number of aryl methyl sites for hydroxylation is 2. The fourth-order valence-corrected chi connectivity index (χ4v) is 2.78. The number of anilines is 2. The number of carbonyl (C=O) groups excluding carboxylic acids is 2. The van der Waals surface area contributed by atoms with Crippen molar-refractivity contribution in [1.29, 1.82) is 0 Å². The molecule has 0 fully saturated rings. The van der Waals surface area contributed by atoms with Crippen molar-refractivity contribution < 1.29 is 9.59 Å². The van der Waals surface area contributed by atoms with Crippen molar-refractivity contribution in [3.8, 4) is 0 Å². The van der Waals surface area contributed by atoms with E-state index in [0.717, 1.165) is 28.9 Å². The summed E-state index contributed by atoms with van der Waals surface area (Å²) in [6, 6.07) is 15.4. The van der Waals surface area contributed by atoms with Crippen LogP contribution in [0.15, 0.2) is 48.5 Å². The normalized spacial score (nSPS) is 10.3. The number of carbonyl (C=O) groups is 2. The maximum Gasteiger partial charge on any atom is 0.226 e.